The maximum Gasteiger partial charge on any atom is 0.322 e. The molecule has 0 spiro atoms. The first-order valence-corrected chi connectivity index (χ1v) is 9.89. The summed E-state index contributed by atoms with van der Waals surface area (Å²) in [5, 5.41) is 0. The van der Waals surface area contributed by atoms with Gasteiger partial charge in [0.2, 0.25) is 6.69 Å². The van der Waals surface area contributed by atoms with E-state index in [0.29, 0.717) is 6.61 Å². The third-order valence-corrected chi connectivity index (χ3v) is 4.17. The number of hydrogen-bond acceptors (Lipinski definition) is 2. The summed E-state index contributed by atoms with van der Waals surface area (Å²) >= 11 is 15.0. The minimum Gasteiger partial charge on any atom is -0.465 e. The molecule has 0 amide bonds. The zero-order valence-corrected chi connectivity index (χ0v) is 12.7. The molecule has 0 bridgehead atoms. The van der Waals surface area contributed by atoms with Crippen molar-refractivity contribution >= 4 is 50.8 Å². The fraction of sp³-hybridized carbons (Fsp3) is 0.875. The second kappa shape index (κ2) is 5.73. The Morgan fingerprint density at radius 1 is 1.50 bits per heavy atom. The summed E-state index contributed by atoms with van der Waals surface area (Å²) in [6.07, 6.45) is 0.727. The Morgan fingerprint density at radius 2 is 2.00 bits per heavy atom. The molecule has 0 saturated carbocycles. The van der Waals surface area contributed by atoms with E-state index in [0.717, 1.165) is 12.5 Å². The number of ether oxygens (including phenoxy) is 1. The zero-order valence-electron chi connectivity index (χ0n) is 8.57. The highest BCUT2D eigenvalue weighted by Gasteiger charge is 2.26. The van der Waals surface area contributed by atoms with Crippen LogP contribution in [0.3, 0.4) is 0 Å². The lowest BCUT2D eigenvalue weighted by molar-refractivity contribution is -0.145. The molecule has 0 heterocycles. The highest BCUT2D eigenvalue weighted by molar-refractivity contribution is 9.10. The van der Waals surface area contributed by atoms with Crippen LogP contribution < -0.4 is 0 Å². The highest BCUT2D eigenvalue weighted by atomic mass is 79.9. The van der Waals surface area contributed by atoms with Crippen LogP contribution >= 0.6 is 38.1 Å². The van der Waals surface area contributed by atoms with Crippen LogP contribution in [0.2, 0.25) is 12.6 Å². The highest BCUT2D eigenvalue weighted by Crippen LogP contribution is 2.22. The molecule has 0 rings (SSSR count). The van der Waals surface area contributed by atoms with Crippen LogP contribution in [0, 0.1) is 0 Å². The Bertz CT molecular complexity index is 198. The monoisotopic (exact) mass is 320 g/mol. The van der Waals surface area contributed by atoms with Crippen molar-refractivity contribution in [2.75, 3.05) is 6.61 Å². The number of carbonyl (C=O) groups excluding carboxylic acids is 1. The smallest absolute Gasteiger partial charge is 0.322 e. The Labute approximate surface area is 104 Å². The molecule has 0 saturated heterocycles. The maximum absolute atomic E-state index is 11.3. The van der Waals surface area contributed by atoms with E-state index in [1.807, 2.05) is 6.55 Å². The standard InChI is InChI=1S/C8H15BrCl2O2Si/c1-8(2,9)7(12)13-5-4-6-14(3,10)11/h4-6H2,1-3H3. The lowest BCUT2D eigenvalue weighted by Crippen LogP contribution is -2.27. The van der Waals surface area contributed by atoms with E-state index in [1.165, 1.54) is 0 Å². The number of alkyl halides is 1. The van der Waals surface area contributed by atoms with Gasteiger partial charge in [0.1, 0.15) is 4.32 Å². The molecule has 0 aromatic rings. The summed E-state index contributed by atoms with van der Waals surface area (Å²) in [7, 11) is 0. The zero-order chi connectivity index (χ0) is 11.4. The summed E-state index contributed by atoms with van der Waals surface area (Å²) in [6.45, 7) is 3.70. The van der Waals surface area contributed by atoms with Crippen molar-refractivity contribution in [3.8, 4) is 0 Å². The van der Waals surface area contributed by atoms with Gasteiger partial charge in [0.15, 0.2) is 0 Å². The third kappa shape index (κ3) is 8.09. The molecule has 14 heavy (non-hydrogen) atoms. The molecular weight excluding hydrogens is 307 g/mol. The summed E-state index contributed by atoms with van der Waals surface area (Å²) in [4.78, 5) is 11.3. The molecule has 0 atom stereocenters. The van der Waals surface area contributed by atoms with Gasteiger partial charge in [0.05, 0.1) is 6.61 Å². The van der Waals surface area contributed by atoms with E-state index in [4.69, 9.17) is 26.9 Å². The van der Waals surface area contributed by atoms with E-state index >= 15 is 0 Å². The van der Waals surface area contributed by atoms with Crippen molar-refractivity contribution in [3.63, 3.8) is 0 Å². The molecule has 0 fully saturated rings. The van der Waals surface area contributed by atoms with Crippen molar-refractivity contribution in [3.05, 3.63) is 0 Å². The molecule has 0 N–H and O–H groups in total. The van der Waals surface area contributed by atoms with E-state index in [-0.39, 0.29) is 5.97 Å². The van der Waals surface area contributed by atoms with E-state index in [1.54, 1.807) is 13.8 Å². The van der Waals surface area contributed by atoms with Crippen LogP contribution in [-0.4, -0.2) is 23.6 Å². The number of hydrogen-bond donors (Lipinski definition) is 0. The Balaban J connectivity index is 3.62. The van der Waals surface area contributed by atoms with Crippen molar-refractivity contribution in [1.82, 2.24) is 0 Å². The molecule has 6 heteroatoms. The van der Waals surface area contributed by atoms with Gasteiger partial charge in [-0.05, 0) is 32.9 Å². The SMILES string of the molecule is CC(C)(Br)C(=O)OCCC[Si](C)(Cl)Cl. The molecule has 0 aromatic heterocycles. The van der Waals surface area contributed by atoms with Crippen molar-refractivity contribution in [2.24, 2.45) is 0 Å². The van der Waals surface area contributed by atoms with Gasteiger partial charge in [0.25, 0.3) is 0 Å². The lowest BCUT2D eigenvalue weighted by Gasteiger charge is -2.15. The topological polar surface area (TPSA) is 26.3 Å². The maximum atomic E-state index is 11.3. The van der Waals surface area contributed by atoms with Gasteiger partial charge in [-0.1, -0.05) is 15.9 Å². The Kier molecular flexibility index (Phi) is 6.03. The van der Waals surface area contributed by atoms with Gasteiger partial charge < -0.3 is 4.74 Å². The first kappa shape index (κ1) is 14.7. The van der Waals surface area contributed by atoms with Crippen LogP contribution in [0.4, 0.5) is 0 Å². The van der Waals surface area contributed by atoms with Crippen molar-refractivity contribution in [2.45, 2.75) is 37.2 Å². The molecule has 0 aliphatic carbocycles. The van der Waals surface area contributed by atoms with E-state index in [9.17, 15) is 4.79 Å². The summed E-state index contributed by atoms with van der Waals surface area (Å²) in [5.74, 6) is -0.259. The molecule has 0 aliphatic heterocycles. The quantitative estimate of drug-likeness (QED) is 0.254. The van der Waals surface area contributed by atoms with Gasteiger partial charge in [-0.25, -0.2) is 0 Å². The normalized spacial score (nSPS) is 12.7. The fourth-order valence-electron chi connectivity index (χ4n) is 0.719. The van der Waals surface area contributed by atoms with Crippen LogP contribution in [0.5, 0.6) is 0 Å². The van der Waals surface area contributed by atoms with Crippen molar-refractivity contribution in [1.29, 1.82) is 0 Å². The molecule has 84 valence electrons. The minimum atomic E-state index is -2.03. The minimum absolute atomic E-state index is 0.259. The molecule has 0 unspecified atom stereocenters. The average Bonchev–Trinajstić information content (AvgIpc) is 1.93. The predicted molar refractivity (Wildman–Crippen MR) is 66.7 cm³/mol. The van der Waals surface area contributed by atoms with Gasteiger partial charge in [-0.15, -0.1) is 22.2 Å². The largest absolute Gasteiger partial charge is 0.465 e. The van der Waals surface area contributed by atoms with E-state index < -0.39 is 11.0 Å². The van der Waals surface area contributed by atoms with Gasteiger partial charge in [-0.3, -0.25) is 4.79 Å². The fourth-order valence-corrected chi connectivity index (χ4v) is 2.40. The molecule has 0 aliphatic rings. The van der Waals surface area contributed by atoms with E-state index in [2.05, 4.69) is 15.9 Å². The molecular formula is C8H15BrCl2O2Si. The Morgan fingerprint density at radius 3 is 2.36 bits per heavy atom. The number of carbonyl (C=O) groups is 1. The van der Waals surface area contributed by atoms with Crippen molar-refractivity contribution < 1.29 is 9.53 Å². The van der Waals surface area contributed by atoms with Gasteiger partial charge >= 0.3 is 5.97 Å². The molecule has 0 aromatic carbocycles. The number of esters is 1. The third-order valence-electron chi connectivity index (χ3n) is 1.48. The second-order valence-corrected chi connectivity index (χ2v) is 14.0. The summed E-state index contributed by atoms with van der Waals surface area (Å²) in [6, 6.07) is 0.742. The summed E-state index contributed by atoms with van der Waals surface area (Å²) in [5.41, 5.74) is 0. The van der Waals surface area contributed by atoms with Crippen LogP contribution in [0.1, 0.15) is 20.3 Å². The van der Waals surface area contributed by atoms with Gasteiger partial charge in [0, 0.05) is 0 Å². The molecule has 0 radical (unpaired) electrons. The lowest BCUT2D eigenvalue weighted by atomic mass is 10.2. The van der Waals surface area contributed by atoms with Crippen LogP contribution in [-0.2, 0) is 9.53 Å². The molecule has 2 nitrogen and oxygen atoms in total. The predicted octanol–water partition coefficient (Wildman–Crippen LogP) is 3.64. The first-order valence-electron chi connectivity index (χ1n) is 4.37. The summed E-state index contributed by atoms with van der Waals surface area (Å²) < 4.78 is 4.41. The van der Waals surface area contributed by atoms with Crippen LogP contribution in [0.25, 0.3) is 0 Å². The second-order valence-electron chi connectivity index (χ2n) is 3.78. The number of halogens is 3. The number of rotatable bonds is 5. The van der Waals surface area contributed by atoms with Crippen LogP contribution in [0.15, 0.2) is 0 Å². The average molecular weight is 322 g/mol. The Hall–Kier alpha value is 0.747. The first-order chi connectivity index (χ1) is 6.13. The van der Waals surface area contributed by atoms with Gasteiger partial charge in [-0.2, -0.15) is 0 Å².